The number of piperidine rings is 1. The van der Waals surface area contributed by atoms with Crippen molar-refractivity contribution in [3.05, 3.63) is 257 Å². The minimum absolute atomic E-state index is 0.0525. The van der Waals surface area contributed by atoms with E-state index < -0.39 is 113 Å². The molecule has 6 aliphatic heterocycles. The zero-order valence-electron chi connectivity index (χ0n) is 78.9. The summed E-state index contributed by atoms with van der Waals surface area (Å²) >= 11 is -2.67. The Balaban J connectivity index is 0.486. The molecule has 1 unspecified atom stereocenters. The van der Waals surface area contributed by atoms with Gasteiger partial charge in [0.05, 0.1) is 31.1 Å². The number of amides is 5. The van der Waals surface area contributed by atoms with Gasteiger partial charge in [-0.1, -0.05) is 150 Å². The minimum atomic E-state index is -4.97. The number of fused-ring (bicyclic) bond motifs is 10. The van der Waals surface area contributed by atoms with Crippen molar-refractivity contribution in [2.45, 2.75) is 192 Å². The number of sulfonamides is 1. The van der Waals surface area contributed by atoms with E-state index in [0.717, 1.165) is 126 Å². The molecule has 34 heteroatoms. The van der Waals surface area contributed by atoms with Gasteiger partial charge in [-0.3, -0.25) is 37.6 Å². The second-order valence-electron chi connectivity index (χ2n) is 38.0. The van der Waals surface area contributed by atoms with Crippen LogP contribution in [0.25, 0.3) is 55.0 Å². The molecule has 2 fully saturated rings. The lowest BCUT2D eigenvalue weighted by atomic mass is 9.79. The van der Waals surface area contributed by atoms with Crippen LogP contribution in [0, 0.1) is 11.8 Å². The molecule has 5 amide bonds. The number of benzene rings is 10. The average molecular weight is 1990 g/mol. The lowest BCUT2D eigenvalue weighted by Gasteiger charge is -2.31. The van der Waals surface area contributed by atoms with Crippen LogP contribution in [0.2, 0.25) is 0 Å². The summed E-state index contributed by atoms with van der Waals surface area (Å²) < 4.78 is 173. The number of allylic oxidation sites excluding steroid dienone is 6. The van der Waals surface area contributed by atoms with E-state index in [2.05, 4.69) is 114 Å². The van der Waals surface area contributed by atoms with Gasteiger partial charge in [0, 0.05) is 173 Å². The molecule has 3 atom stereocenters. The zero-order chi connectivity index (χ0) is 99.1. The molecule has 1 saturated heterocycles. The molecule has 1 saturated carbocycles. The van der Waals surface area contributed by atoms with Crippen molar-refractivity contribution in [3.8, 4) is 22.5 Å². The van der Waals surface area contributed by atoms with Gasteiger partial charge in [0.1, 0.15) is 34.9 Å². The van der Waals surface area contributed by atoms with E-state index in [0.29, 0.717) is 120 Å². The molecular formula is C106H116N10O19S5+2. The van der Waals surface area contributed by atoms with Gasteiger partial charge >= 0.3 is 0 Å². The standard InChI is InChI=1S/C106H114N10O19S5/c1-7-84(103(120)109-54-53-107-97(117)34-16-11-23-55-116-89-45-43-77-82(63-75(138(126,127)128)65-92(77)136(122)123)99(89)106(5,6)96(116)33-15-10-14-32-95-105(3,4)100-83-64-76(139(129,130)131)66-94(140(132,133)134)78(83)44-46-88(100)113(95)8-2)110-104(121)85(60-68-24-12-9-13-25-68)111-102(119)71-37-35-67(36-38-71)47-52-108-101(118)72-48-56-112(57-49-72)137(124,125)93-31-22-19-28-81(93)98-79-41-39-73(114-58-50-69-26-17-20-29-86(69)114)61-90(79)135-91-62-74(40-42-80(91)98)115-59-51-70-27-18-21-30-87(70)115/h10,14-15,17-22,26-33,35-46,61-66,68,72,84-85H,7-9,11-13,16,23-25,34,47-60H2,1-6H3,(H7-2,107,108,109,110,111,117,118,119,120,121,122,123,126,127,128,129,130,131,132,133,134)/p+2/t84-,85-/m0/s1. The van der Waals surface area contributed by atoms with Gasteiger partial charge in [-0.05, 0) is 190 Å². The van der Waals surface area contributed by atoms with Gasteiger partial charge in [0.25, 0.3) is 36.3 Å². The van der Waals surface area contributed by atoms with Gasteiger partial charge in [0.15, 0.2) is 23.3 Å². The molecule has 0 aromatic heterocycles. The van der Waals surface area contributed by atoms with Crippen LogP contribution in [0.15, 0.2) is 247 Å². The number of nitrogens with zero attached hydrogens (tertiary/aromatic N) is 5. The number of unbranched alkanes of at least 4 members (excludes halogenated alkanes) is 2. The molecule has 29 nitrogen and oxygen atoms in total. The first kappa shape index (κ1) is 99.3. The van der Waals surface area contributed by atoms with Gasteiger partial charge in [-0.15, -0.1) is 0 Å². The molecule has 732 valence electrons. The van der Waals surface area contributed by atoms with Gasteiger partial charge in [0.2, 0.25) is 50.4 Å². The molecule has 17 rings (SSSR count). The molecule has 140 heavy (non-hydrogen) atoms. The Bertz CT molecular complexity index is 7500. The molecule has 9 aromatic carbocycles. The molecule has 0 radical (unpaired) electrons. The molecule has 9 N–H and O–H groups in total. The van der Waals surface area contributed by atoms with Crippen LogP contribution in [0.5, 0.6) is 0 Å². The highest BCUT2D eigenvalue weighted by Gasteiger charge is 2.47. The summed E-state index contributed by atoms with van der Waals surface area (Å²) in [6.45, 7) is 14.5. The van der Waals surface area contributed by atoms with Gasteiger partial charge < -0.3 is 45.4 Å². The maximum Gasteiger partial charge on any atom is 0.295 e. The van der Waals surface area contributed by atoms with Crippen molar-refractivity contribution < 1.29 is 89.1 Å². The number of carbonyl (C=O) groups excluding carboxylic acids is 5. The van der Waals surface area contributed by atoms with Crippen LogP contribution in [0.1, 0.15) is 163 Å². The number of carbonyl (C=O) groups is 5. The third-order valence-electron chi connectivity index (χ3n) is 28.5. The second kappa shape index (κ2) is 40.8. The van der Waals surface area contributed by atoms with Crippen molar-refractivity contribution in [1.29, 1.82) is 0 Å². The molecule has 0 spiro atoms. The summed E-state index contributed by atoms with van der Waals surface area (Å²) in [6.07, 6.45) is 19.3. The number of rotatable bonds is 33. The normalized spacial score (nSPS) is 17.7. The van der Waals surface area contributed by atoms with Crippen LogP contribution < -0.4 is 46.3 Å². The molecule has 6 heterocycles. The van der Waals surface area contributed by atoms with Crippen LogP contribution in [-0.2, 0) is 101 Å². The highest BCUT2D eigenvalue weighted by Crippen LogP contribution is 2.53. The monoisotopic (exact) mass is 1990 g/mol. The van der Waals surface area contributed by atoms with Crippen LogP contribution in [-0.4, -0.2) is 171 Å². The largest absolute Gasteiger partial charge is 0.456 e. The molecule has 9 aromatic rings. The Kier molecular flexibility index (Phi) is 28.9. The molecular weight excluding hydrogens is 1880 g/mol. The van der Waals surface area contributed by atoms with Crippen molar-refractivity contribution in [3.63, 3.8) is 0 Å². The molecule has 8 aliphatic rings. The summed E-state index contributed by atoms with van der Waals surface area (Å²) in [5, 5.41) is 17.3. The number of para-hydroxylation sites is 2. The minimum Gasteiger partial charge on any atom is -0.456 e. The quantitative estimate of drug-likeness (QED) is 0.00461. The molecule has 2 aliphatic carbocycles. The third kappa shape index (κ3) is 20.4. The van der Waals surface area contributed by atoms with Crippen LogP contribution >= 0.6 is 0 Å². The first-order chi connectivity index (χ1) is 66.9. The summed E-state index contributed by atoms with van der Waals surface area (Å²) in [6, 6.07) is 52.2. The summed E-state index contributed by atoms with van der Waals surface area (Å²) in [7, 11) is -18.9. The van der Waals surface area contributed by atoms with E-state index in [9.17, 15) is 71.6 Å². The fourth-order valence-corrected chi connectivity index (χ4v) is 25.7. The maximum absolute atomic E-state index is 15.2. The highest BCUT2D eigenvalue weighted by molar-refractivity contribution is 7.89. The van der Waals surface area contributed by atoms with Gasteiger partial charge in [-0.2, -0.15) is 38.7 Å². The number of hydrogen-bond donors (Lipinski definition) is 9. The Morgan fingerprint density at radius 1 is 0.579 bits per heavy atom. The summed E-state index contributed by atoms with van der Waals surface area (Å²) in [5.74, 6) is -1.50. The summed E-state index contributed by atoms with van der Waals surface area (Å²) in [5.41, 5.74) is 11.9. The van der Waals surface area contributed by atoms with E-state index in [1.54, 1.807) is 73.7 Å². The van der Waals surface area contributed by atoms with E-state index in [1.165, 1.54) is 33.6 Å². The summed E-state index contributed by atoms with van der Waals surface area (Å²) in [4.78, 5) is 72.0. The van der Waals surface area contributed by atoms with Crippen LogP contribution in [0.4, 0.5) is 28.4 Å². The van der Waals surface area contributed by atoms with Crippen molar-refractivity contribution in [1.82, 2.24) is 35.5 Å². The van der Waals surface area contributed by atoms with E-state index in [4.69, 9.17) is 4.42 Å². The van der Waals surface area contributed by atoms with Crippen molar-refractivity contribution in [2.24, 2.45) is 11.8 Å². The number of hydrogen-bond acceptors (Lipinski definition) is 17. The number of nitrogens with one attached hydrogen (secondary N) is 5. The third-order valence-corrected chi connectivity index (χ3v) is 33.7. The van der Waals surface area contributed by atoms with E-state index in [-0.39, 0.29) is 77.3 Å². The fourth-order valence-electron chi connectivity index (χ4n) is 21.5. The van der Waals surface area contributed by atoms with Gasteiger partial charge in [-0.25, -0.2) is 12.6 Å². The Hall–Kier alpha value is -12.2. The zero-order valence-corrected chi connectivity index (χ0v) is 83.0. The second-order valence-corrected chi connectivity index (χ2v) is 45.0. The Labute approximate surface area is 818 Å². The topological polar surface area (TPSA) is 409 Å². The smallest absolute Gasteiger partial charge is 0.295 e. The predicted octanol–water partition coefficient (Wildman–Crippen LogP) is 15.6. The predicted molar refractivity (Wildman–Crippen MR) is 541 cm³/mol. The lowest BCUT2D eigenvalue weighted by Crippen LogP contribution is -2.54. The first-order valence-corrected chi connectivity index (χ1v) is 54.7. The van der Waals surface area contributed by atoms with E-state index in [1.807, 2.05) is 81.7 Å². The maximum atomic E-state index is 15.2. The number of anilines is 3. The average Bonchev–Trinajstić information content (AvgIpc) is 1.54. The SMILES string of the molecule is CC[C@H](NC(=O)[C@H](CC1CCCCC1)NC(=O)c1ccc(CCNC(=O)C2CCN(S(=O)(=O)c3ccccc3-c3c4ccc(=[N+]5CCc6ccccc65)cc-4oc4cc(N5CCc6ccccc65)ccc34)CC2)cc1)C(=O)NCCNC(=O)CCCCCN1\C(=C/C=C/C=C/C2=[N+](CC)c3ccc4c(S(=O)(=O)O)cc(S(=O)(=O)O)cc4c3C2(C)C)C(C)(C)c2c1ccc1c(S(=O)O)cc(S(=O)(=O)O)cc21. The Morgan fingerprint density at radius 3 is 2.00 bits per heavy atom. The van der Waals surface area contributed by atoms with Crippen molar-refractivity contribution in [2.75, 3.05) is 68.7 Å². The highest BCUT2D eigenvalue weighted by atomic mass is 32.2. The van der Waals surface area contributed by atoms with E-state index >= 15 is 8.42 Å². The van der Waals surface area contributed by atoms with Crippen LogP contribution in [0.3, 0.4) is 0 Å². The van der Waals surface area contributed by atoms with Crippen molar-refractivity contribution >= 4 is 148 Å². The Morgan fingerprint density at radius 2 is 1.27 bits per heavy atom. The molecule has 0 bridgehead atoms. The lowest BCUT2D eigenvalue weighted by molar-refractivity contribution is -0.433. The fraction of sp³-hybridized carbons (Fsp3) is 0.349. The first-order valence-electron chi connectivity index (χ1n) is 47.8.